The highest BCUT2D eigenvalue weighted by Crippen LogP contribution is 2.48. The third kappa shape index (κ3) is 2.22. The summed E-state index contributed by atoms with van der Waals surface area (Å²) in [6.07, 6.45) is -0.790. The molecule has 2 nitrogen and oxygen atoms in total. The lowest BCUT2D eigenvalue weighted by Crippen LogP contribution is -2.25. The van der Waals surface area contributed by atoms with Gasteiger partial charge in [0.1, 0.15) is 0 Å². The molecule has 0 fully saturated rings. The summed E-state index contributed by atoms with van der Waals surface area (Å²) in [5, 5.41) is 20.8. The van der Waals surface area contributed by atoms with Crippen molar-refractivity contribution in [1.29, 1.82) is 5.26 Å². The molecule has 1 aliphatic carbocycles. The minimum atomic E-state index is -0.790. The molecule has 4 rings (SSSR count). The van der Waals surface area contributed by atoms with E-state index in [4.69, 9.17) is 0 Å². The van der Waals surface area contributed by atoms with Crippen molar-refractivity contribution in [2.45, 2.75) is 17.9 Å². The van der Waals surface area contributed by atoms with Gasteiger partial charge in [0.15, 0.2) is 0 Å². The molecule has 0 radical (unpaired) electrons. The van der Waals surface area contributed by atoms with Crippen LogP contribution in [0, 0.1) is 11.3 Å². The van der Waals surface area contributed by atoms with E-state index in [-0.39, 0.29) is 5.92 Å². The van der Waals surface area contributed by atoms with Gasteiger partial charge in [-0.2, -0.15) is 5.26 Å². The van der Waals surface area contributed by atoms with Gasteiger partial charge in [-0.25, -0.2) is 0 Å². The summed E-state index contributed by atoms with van der Waals surface area (Å²) in [6.45, 7) is 0. The van der Waals surface area contributed by atoms with Crippen molar-refractivity contribution in [2.75, 3.05) is 0 Å². The van der Waals surface area contributed by atoms with Gasteiger partial charge in [-0.3, -0.25) is 0 Å². The molecule has 1 N–H and O–H groups in total. The van der Waals surface area contributed by atoms with Crippen LogP contribution < -0.4 is 0 Å². The fourth-order valence-electron chi connectivity index (χ4n) is 3.76. The van der Waals surface area contributed by atoms with Crippen molar-refractivity contribution < 1.29 is 5.11 Å². The fraction of sp³-hybridized carbons (Fsp3) is 0.136. The second-order valence-electron chi connectivity index (χ2n) is 6.16. The zero-order valence-electron chi connectivity index (χ0n) is 13.1. The largest absolute Gasteiger partial charge is 0.390 e. The van der Waals surface area contributed by atoms with Gasteiger partial charge in [0.05, 0.1) is 18.1 Å². The number of aliphatic hydroxyl groups is 1. The predicted molar refractivity (Wildman–Crippen MR) is 94.5 cm³/mol. The summed E-state index contributed by atoms with van der Waals surface area (Å²) in [6, 6.07) is 28.2. The zero-order chi connectivity index (χ0) is 16.5. The van der Waals surface area contributed by atoms with Gasteiger partial charge in [-0.1, -0.05) is 78.9 Å². The molecule has 2 atom stereocenters. The maximum absolute atomic E-state index is 11.1. The summed E-state index contributed by atoms with van der Waals surface area (Å²) in [5.74, 6) is -0.738. The van der Waals surface area contributed by atoms with Crippen LogP contribution in [0.1, 0.15) is 28.5 Å². The van der Waals surface area contributed by atoms with Crippen LogP contribution in [0.2, 0.25) is 0 Å². The molecule has 0 bridgehead atoms. The van der Waals surface area contributed by atoms with Crippen LogP contribution in [0.5, 0.6) is 0 Å². The Morgan fingerprint density at radius 1 is 0.750 bits per heavy atom. The van der Waals surface area contributed by atoms with Crippen LogP contribution in [-0.2, 0) is 0 Å². The fourth-order valence-corrected chi connectivity index (χ4v) is 3.76. The third-order valence-electron chi connectivity index (χ3n) is 4.86. The maximum atomic E-state index is 11.1. The molecule has 0 saturated heterocycles. The molecule has 0 aliphatic heterocycles. The summed E-state index contributed by atoms with van der Waals surface area (Å²) >= 11 is 0. The number of hydrogen-bond acceptors (Lipinski definition) is 2. The minimum Gasteiger partial charge on any atom is -0.390 e. The standard InChI is InChI=1S/C22H17NO/c23-14-20(15-8-2-1-3-9-15)22(24)21-18-12-6-4-10-16(18)17-11-5-7-13-19(17)21/h1-13,20-22,24H. The van der Waals surface area contributed by atoms with E-state index in [1.807, 2.05) is 54.6 Å². The molecular formula is C22H17NO. The SMILES string of the molecule is N#CC(c1ccccc1)C(O)C1c2ccccc2-c2ccccc21. The number of benzene rings is 3. The first-order valence-corrected chi connectivity index (χ1v) is 8.12. The number of rotatable bonds is 3. The molecule has 24 heavy (non-hydrogen) atoms. The molecule has 0 spiro atoms. The Kier molecular flexibility index (Phi) is 3.65. The lowest BCUT2D eigenvalue weighted by Gasteiger charge is -2.25. The van der Waals surface area contributed by atoms with Gasteiger partial charge in [-0.05, 0) is 27.8 Å². The Hall–Kier alpha value is -2.89. The van der Waals surface area contributed by atoms with E-state index < -0.39 is 12.0 Å². The van der Waals surface area contributed by atoms with Gasteiger partial charge in [0.2, 0.25) is 0 Å². The zero-order valence-corrected chi connectivity index (χ0v) is 13.1. The van der Waals surface area contributed by atoms with Crippen LogP contribution in [0.4, 0.5) is 0 Å². The second kappa shape index (κ2) is 5.96. The Morgan fingerprint density at radius 2 is 1.25 bits per heavy atom. The smallest absolute Gasteiger partial charge is 0.0981 e. The monoisotopic (exact) mass is 311 g/mol. The van der Waals surface area contributed by atoms with Crippen LogP contribution in [0.15, 0.2) is 78.9 Å². The minimum absolute atomic E-state index is 0.178. The van der Waals surface area contributed by atoms with Gasteiger partial charge >= 0.3 is 0 Å². The molecule has 0 heterocycles. The number of fused-ring (bicyclic) bond motifs is 3. The first-order chi connectivity index (χ1) is 11.8. The molecule has 3 aromatic carbocycles. The highest BCUT2D eigenvalue weighted by Gasteiger charge is 2.37. The topological polar surface area (TPSA) is 44.0 Å². The van der Waals surface area contributed by atoms with Crippen molar-refractivity contribution in [3.8, 4) is 17.2 Å². The average Bonchev–Trinajstić information content (AvgIpc) is 2.98. The molecule has 2 heteroatoms. The predicted octanol–water partition coefficient (Wildman–Crippen LogP) is 4.47. The highest BCUT2D eigenvalue weighted by molar-refractivity contribution is 5.79. The number of nitrogens with zero attached hydrogens (tertiary/aromatic N) is 1. The first-order valence-electron chi connectivity index (χ1n) is 8.12. The summed E-state index contributed by atoms with van der Waals surface area (Å²) in [5.41, 5.74) is 5.36. The highest BCUT2D eigenvalue weighted by atomic mass is 16.3. The Bertz CT molecular complexity index is 865. The molecule has 0 saturated carbocycles. The molecular weight excluding hydrogens is 294 g/mol. The lowest BCUT2D eigenvalue weighted by atomic mass is 9.81. The number of hydrogen-bond donors (Lipinski definition) is 1. The van der Waals surface area contributed by atoms with E-state index in [9.17, 15) is 10.4 Å². The average molecular weight is 311 g/mol. The van der Waals surface area contributed by atoms with Crippen LogP contribution >= 0.6 is 0 Å². The maximum Gasteiger partial charge on any atom is 0.0981 e. The van der Waals surface area contributed by atoms with Crippen molar-refractivity contribution in [3.63, 3.8) is 0 Å². The van der Waals surface area contributed by atoms with Crippen molar-refractivity contribution in [2.24, 2.45) is 0 Å². The second-order valence-corrected chi connectivity index (χ2v) is 6.16. The quantitative estimate of drug-likeness (QED) is 0.775. The van der Waals surface area contributed by atoms with Gasteiger partial charge < -0.3 is 5.11 Å². The van der Waals surface area contributed by atoms with E-state index in [0.29, 0.717) is 0 Å². The van der Waals surface area contributed by atoms with Crippen LogP contribution in [-0.4, -0.2) is 11.2 Å². The molecule has 1 aliphatic rings. The van der Waals surface area contributed by atoms with E-state index in [2.05, 4.69) is 30.3 Å². The molecule has 0 aromatic heterocycles. The lowest BCUT2D eigenvalue weighted by molar-refractivity contribution is 0.145. The van der Waals surface area contributed by atoms with E-state index >= 15 is 0 Å². The van der Waals surface area contributed by atoms with Crippen molar-refractivity contribution >= 4 is 0 Å². The Labute approximate surface area is 141 Å². The molecule has 2 unspecified atom stereocenters. The van der Waals surface area contributed by atoms with E-state index in [0.717, 1.165) is 27.8 Å². The van der Waals surface area contributed by atoms with Gasteiger partial charge in [0, 0.05) is 5.92 Å². The summed E-state index contributed by atoms with van der Waals surface area (Å²) in [7, 11) is 0. The van der Waals surface area contributed by atoms with Crippen LogP contribution in [0.3, 0.4) is 0 Å². The summed E-state index contributed by atoms with van der Waals surface area (Å²) < 4.78 is 0. The normalized spacial score (nSPS) is 15.2. The number of nitriles is 1. The summed E-state index contributed by atoms with van der Waals surface area (Å²) in [4.78, 5) is 0. The van der Waals surface area contributed by atoms with Gasteiger partial charge in [0.25, 0.3) is 0 Å². The first kappa shape index (κ1) is 14.7. The molecule has 3 aromatic rings. The van der Waals surface area contributed by atoms with Crippen LogP contribution in [0.25, 0.3) is 11.1 Å². The van der Waals surface area contributed by atoms with E-state index in [1.54, 1.807) is 0 Å². The number of aliphatic hydroxyl groups excluding tert-OH is 1. The molecule has 116 valence electrons. The Balaban J connectivity index is 1.83. The molecule has 0 amide bonds. The van der Waals surface area contributed by atoms with Gasteiger partial charge in [-0.15, -0.1) is 0 Å². The Morgan fingerprint density at radius 3 is 1.79 bits per heavy atom. The van der Waals surface area contributed by atoms with Crippen molar-refractivity contribution in [3.05, 3.63) is 95.6 Å². The third-order valence-corrected chi connectivity index (χ3v) is 4.86. The van der Waals surface area contributed by atoms with Crippen molar-refractivity contribution in [1.82, 2.24) is 0 Å². The van der Waals surface area contributed by atoms with E-state index in [1.165, 1.54) is 0 Å².